The first kappa shape index (κ1) is 35.6. The van der Waals surface area contributed by atoms with Crippen LogP contribution in [0.1, 0.15) is 111 Å². The molecule has 0 saturated heterocycles. The fourth-order valence-electron chi connectivity index (χ4n) is 10.2. The van der Waals surface area contributed by atoms with Gasteiger partial charge < -0.3 is 0 Å². The topological polar surface area (TPSA) is 84.0 Å². The van der Waals surface area contributed by atoms with Crippen molar-refractivity contribution >= 4 is 56.5 Å². The van der Waals surface area contributed by atoms with Gasteiger partial charge in [-0.25, -0.2) is 30.0 Å². The Balaban J connectivity index is 1.55. The van der Waals surface area contributed by atoms with Crippen molar-refractivity contribution in [3.8, 4) is 0 Å². The third-order valence-electron chi connectivity index (χ3n) is 15.1. The van der Waals surface area contributed by atoms with Crippen molar-refractivity contribution in [1.82, 2.24) is 9.13 Å². The van der Waals surface area contributed by atoms with Gasteiger partial charge in [0.15, 0.2) is 23.3 Å². The molecule has 0 aliphatic carbocycles. The van der Waals surface area contributed by atoms with Crippen LogP contribution in [0.25, 0.3) is 21.5 Å². The molecule has 0 atom stereocenters. The largest absolute Gasteiger partial charge is 0.291 e. The smallest absolute Gasteiger partial charge is 0.165 e. The molecule has 0 amide bonds. The summed E-state index contributed by atoms with van der Waals surface area (Å²) in [6.07, 6.45) is 0. The first-order valence-corrected chi connectivity index (χ1v) is 20.2. The highest BCUT2D eigenvalue weighted by Crippen LogP contribution is 2.47. The zero-order valence-corrected chi connectivity index (χ0v) is 36.3. The van der Waals surface area contributed by atoms with Crippen molar-refractivity contribution in [2.45, 2.75) is 117 Å². The van der Waals surface area contributed by atoms with Crippen molar-refractivity contribution in [2.24, 2.45) is 30.0 Å². The van der Waals surface area contributed by atoms with E-state index in [4.69, 9.17) is 30.0 Å². The van der Waals surface area contributed by atoms with Crippen molar-refractivity contribution in [2.75, 3.05) is 0 Å². The summed E-state index contributed by atoms with van der Waals surface area (Å²) in [6, 6.07) is 0. The number of hydrogen-bond donors (Lipinski definition) is 0. The predicted octanol–water partition coefficient (Wildman–Crippen LogP) is 9.98. The quantitative estimate of drug-likeness (QED) is 0.148. The summed E-state index contributed by atoms with van der Waals surface area (Å²) in [6.45, 7) is 36.0. The molecule has 0 radical (unpaired) electrons. The first-order valence-electron chi connectivity index (χ1n) is 20.2. The van der Waals surface area contributed by atoms with E-state index >= 15 is 0 Å². The summed E-state index contributed by atoms with van der Waals surface area (Å²) in [7, 11) is 0. The van der Waals surface area contributed by atoms with Gasteiger partial charge in [-0.3, -0.25) is 9.13 Å². The molecule has 6 heterocycles. The van der Waals surface area contributed by atoms with E-state index < -0.39 is 0 Å². The maximum absolute atomic E-state index is 5.69. The summed E-state index contributed by atoms with van der Waals surface area (Å²) in [5, 5.41) is 4.42. The number of fused-ring (bicyclic) bond motifs is 14. The fourth-order valence-corrected chi connectivity index (χ4v) is 10.2. The molecule has 4 aliphatic rings. The zero-order chi connectivity index (χ0) is 40.6. The molecule has 4 aliphatic heterocycles. The lowest BCUT2D eigenvalue weighted by molar-refractivity contribution is 0.583. The minimum atomic E-state index is 0.409. The molecular formula is C49H50N8. The van der Waals surface area contributed by atoms with Gasteiger partial charge in [-0.15, -0.1) is 0 Å². The number of amidine groups is 4. The number of benzene rings is 4. The van der Waals surface area contributed by atoms with Crippen molar-refractivity contribution in [3.63, 3.8) is 0 Å². The minimum Gasteiger partial charge on any atom is -0.291 e. The van der Waals surface area contributed by atoms with Crippen LogP contribution in [0.5, 0.6) is 0 Å². The van der Waals surface area contributed by atoms with Gasteiger partial charge in [-0.05, 0) is 200 Å². The average Bonchev–Trinajstić information content (AvgIpc) is 3.90. The Hall–Kier alpha value is -5.76. The zero-order valence-electron chi connectivity index (χ0n) is 36.3. The molecule has 0 spiro atoms. The van der Waals surface area contributed by atoms with E-state index in [1.165, 1.54) is 89.0 Å². The highest BCUT2D eigenvalue weighted by atomic mass is 15.3. The summed E-state index contributed by atoms with van der Waals surface area (Å²) in [5.74, 6) is 4.51. The highest BCUT2D eigenvalue weighted by molar-refractivity contribution is 6.27. The molecule has 0 N–H and O–H groups in total. The van der Waals surface area contributed by atoms with E-state index in [-0.39, 0.29) is 0 Å². The Morgan fingerprint density at radius 3 is 0.842 bits per heavy atom. The van der Waals surface area contributed by atoms with Crippen LogP contribution in [-0.4, -0.2) is 32.5 Å². The summed E-state index contributed by atoms with van der Waals surface area (Å²) < 4.78 is 4.63. The molecule has 0 unspecified atom stereocenters. The number of rotatable bonds is 0. The van der Waals surface area contributed by atoms with Gasteiger partial charge in [0.05, 0.1) is 0 Å². The van der Waals surface area contributed by atoms with Crippen LogP contribution in [0, 0.1) is 111 Å². The molecule has 6 aromatic rings. The van der Waals surface area contributed by atoms with Gasteiger partial charge in [0.2, 0.25) is 0 Å². The second-order valence-electron chi connectivity index (χ2n) is 17.3. The molecule has 8 heteroatoms. The van der Waals surface area contributed by atoms with Crippen LogP contribution in [0.4, 0.5) is 11.6 Å². The molecule has 8 nitrogen and oxygen atoms in total. The van der Waals surface area contributed by atoms with E-state index in [0.717, 1.165) is 66.4 Å². The highest BCUT2D eigenvalue weighted by Gasteiger charge is 2.35. The van der Waals surface area contributed by atoms with Crippen LogP contribution in [0.15, 0.2) is 30.0 Å². The standard InChI is InChI=1S/C49H50N8/c1-18-19(2)27(10)35-34(26(18)9)42-50-43(35)53-47-40-32(15)24(7)25(8)33(16)41(40)49-55-45-37-29(12)21(4)20(3)28(11)36(37)44(51-45)54-48-39-31(14)23(6)22(5)30(13)38(39)46(52-42)56(48)17-57(47)49/h17H2,1-16H3/b52-42-,52-46?,53-43?,53-47-,54-44-,54-48?,55-45?,55-49-. The molecule has 0 saturated carbocycles. The van der Waals surface area contributed by atoms with Gasteiger partial charge in [0.1, 0.15) is 29.3 Å². The van der Waals surface area contributed by atoms with Gasteiger partial charge >= 0.3 is 0 Å². The Morgan fingerprint density at radius 2 is 0.526 bits per heavy atom. The number of aromatic nitrogens is 2. The Labute approximate surface area is 334 Å². The Bertz CT molecular complexity index is 3080. The van der Waals surface area contributed by atoms with E-state index in [0.29, 0.717) is 30.0 Å². The summed E-state index contributed by atoms with van der Waals surface area (Å²) in [5.41, 5.74) is 25.7. The van der Waals surface area contributed by atoms with E-state index in [2.05, 4.69) is 120 Å². The monoisotopic (exact) mass is 750 g/mol. The fraction of sp³-hybridized carbons (Fsp3) is 0.347. The van der Waals surface area contributed by atoms with Gasteiger partial charge in [-0.2, -0.15) is 0 Å². The van der Waals surface area contributed by atoms with Crippen molar-refractivity contribution in [3.05, 3.63) is 122 Å². The number of hydrogen-bond acceptors (Lipinski definition) is 6. The Morgan fingerprint density at radius 1 is 0.263 bits per heavy atom. The molecule has 4 aromatic carbocycles. The SMILES string of the molecule is Cc1c(C)c(C)c2c(c1C)C1=NC/2=N\c2c3c(C)c(C)c(C)c(C)c3c3n2Cn2/c(c4c(C)c(C)c(C)c(C)c4/c2=N/C2=NC(=N\3)/c3c(C)c(C)c(C)c(C)c32)=N\1. The Kier molecular flexibility index (Phi) is 7.15. The van der Waals surface area contributed by atoms with Crippen molar-refractivity contribution < 1.29 is 0 Å². The molecular weight excluding hydrogens is 701 g/mol. The third kappa shape index (κ3) is 4.23. The second kappa shape index (κ2) is 11.4. The maximum Gasteiger partial charge on any atom is 0.165 e. The number of nitrogens with zero attached hydrogens (tertiary/aromatic N) is 8. The molecule has 57 heavy (non-hydrogen) atoms. The van der Waals surface area contributed by atoms with Crippen LogP contribution < -0.4 is 11.0 Å². The average molecular weight is 751 g/mol. The van der Waals surface area contributed by atoms with Crippen molar-refractivity contribution in [1.29, 1.82) is 0 Å². The lowest BCUT2D eigenvalue weighted by atomic mass is 9.89. The maximum atomic E-state index is 5.69. The molecule has 0 fully saturated rings. The van der Waals surface area contributed by atoms with Gasteiger partial charge in [-0.1, -0.05) is 0 Å². The van der Waals surface area contributed by atoms with E-state index in [1.807, 2.05) is 0 Å². The molecule has 10 rings (SSSR count). The van der Waals surface area contributed by atoms with Crippen LogP contribution in [0.3, 0.4) is 0 Å². The summed E-state index contributed by atoms with van der Waals surface area (Å²) in [4.78, 5) is 33.6. The minimum absolute atomic E-state index is 0.409. The van der Waals surface area contributed by atoms with Gasteiger partial charge in [0, 0.05) is 43.8 Å². The molecule has 2 aromatic heterocycles. The van der Waals surface area contributed by atoms with Gasteiger partial charge in [0.25, 0.3) is 0 Å². The molecule has 6 bridgehead atoms. The molecule has 286 valence electrons. The van der Waals surface area contributed by atoms with E-state index in [1.54, 1.807) is 0 Å². The number of aryl methyl sites for hydroxylation is 4. The lowest BCUT2D eigenvalue weighted by Gasteiger charge is -2.15. The van der Waals surface area contributed by atoms with Crippen LogP contribution in [0.2, 0.25) is 0 Å². The van der Waals surface area contributed by atoms with Crippen LogP contribution >= 0.6 is 0 Å². The third-order valence-corrected chi connectivity index (χ3v) is 15.1. The number of aliphatic imine (C=N–C) groups is 4. The first-order chi connectivity index (χ1) is 27.0. The summed E-state index contributed by atoms with van der Waals surface area (Å²) >= 11 is 0. The van der Waals surface area contributed by atoms with E-state index in [9.17, 15) is 0 Å². The normalized spacial score (nSPS) is 18.0. The lowest BCUT2D eigenvalue weighted by Crippen LogP contribution is -2.32. The second-order valence-corrected chi connectivity index (χ2v) is 17.3. The predicted molar refractivity (Wildman–Crippen MR) is 236 cm³/mol. The van der Waals surface area contributed by atoms with Crippen LogP contribution in [-0.2, 0) is 6.67 Å².